The lowest BCUT2D eigenvalue weighted by molar-refractivity contribution is 0.0139. The Bertz CT molecular complexity index is 190. The van der Waals surface area contributed by atoms with Gasteiger partial charge in [-0.3, -0.25) is 0 Å². The Balaban J connectivity index is 2.44. The van der Waals surface area contributed by atoms with Gasteiger partial charge in [-0.15, -0.1) is 0 Å². The van der Waals surface area contributed by atoms with Gasteiger partial charge in [0.2, 0.25) is 0 Å². The summed E-state index contributed by atoms with van der Waals surface area (Å²) in [6.07, 6.45) is 7.24. The summed E-state index contributed by atoms with van der Waals surface area (Å²) in [4.78, 5) is 0. The number of hydrogen-bond donors (Lipinski definition) is 1. The van der Waals surface area contributed by atoms with Crippen LogP contribution in [0, 0.1) is 5.92 Å². The van der Waals surface area contributed by atoms with Gasteiger partial charge in [0.25, 0.3) is 0 Å². The largest absolute Gasteiger partial charge is 0.499 e. The molecule has 0 aromatic carbocycles. The number of methoxy groups -OCH3 is 1. The first kappa shape index (κ1) is 11.6. The maximum atomic E-state index is 10.1. The Morgan fingerprint density at radius 1 is 1.43 bits per heavy atom. The van der Waals surface area contributed by atoms with E-state index in [1.807, 2.05) is 0 Å². The van der Waals surface area contributed by atoms with Gasteiger partial charge in [-0.25, -0.2) is 0 Å². The first-order valence-corrected chi connectivity index (χ1v) is 5.52. The summed E-state index contributed by atoms with van der Waals surface area (Å²) in [5.74, 6) is 1.13. The molecule has 2 heteroatoms. The average molecular weight is 198 g/mol. The van der Waals surface area contributed by atoms with E-state index in [0.29, 0.717) is 11.7 Å². The number of hydrogen-bond acceptors (Lipinski definition) is 2. The number of aliphatic hydroxyl groups is 1. The molecule has 0 aromatic rings. The molecule has 1 unspecified atom stereocenters. The van der Waals surface area contributed by atoms with Crippen molar-refractivity contribution in [2.75, 3.05) is 7.11 Å². The van der Waals surface area contributed by atoms with Gasteiger partial charge in [-0.2, -0.15) is 0 Å². The Morgan fingerprint density at radius 3 is 2.50 bits per heavy atom. The van der Waals surface area contributed by atoms with Crippen LogP contribution in [-0.2, 0) is 4.74 Å². The van der Waals surface area contributed by atoms with E-state index in [2.05, 4.69) is 6.58 Å². The van der Waals surface area contributed by atoms with Gasteiger partial charge in [-0.05, 0) is 19.3 Å². The quantitative estimate of drug-likeness (QED) is 0.704. The SMILES string of the molecule is C=C(OC)C(C)(O)CC1CCCCC1. The topological polar surface area (TPSA) is 29.5 Å². The number of rotatable bonds is 4. The monoisotopic (exact) mass is 198 g/mol. The van der Waals surface area contributed by atoms with E-state index in [0.717, 1.165) is 6.42 Å². The highest BCUT2D eigenvalue weighted by Crippen LogP contribution is 2.33. The molecule has 14 heavy (non-hydrogen) atoms. The molecule has 1 aliphatic rings. The van der Waals surface area contributed by atoms with Crippen LogP contribution in [0.15, 0.2) is 12.3 Å². The second-order valence-electron chi connectivity index (χ2n) is 4.61. The summed E-state index contributed by atoms with van der Waals surface area (Å²) in [5.41, 5.74) is -0.850. The van der Waals surface area contributed by atoms with E-state index >= 15 is 0 Å². The molecule has 1 rings (SSSR count). The molecule has 0 heterocycles. The van der Waals surface area contributed by atoms with Gasteiger partial charge < -0.3 is 9.84 Å². The molecule has 1 atom stereocenters. The summed E-state index contributed by atoms with van der Waals surface area (Å²) in [6, 6.07) is 0. The van der Waals surface area contributed by atoms with E-state index < -0.39 is 5.60 Å². The molecule has 0 amide bonds. The molecule has 0 saturated heterocycles. The predicted octanol–water partition coefficient (Wildman–Crippen LogP) is 2.87. The van der Waals surface area contributed by atoms with E-state index in [-0.39, 0.29) is 0 Å². The Labute approximate surface area is 87.0 Å². The van der Waals surface area contributed by atoms with Crippen molar-refractivity contribution in [2.45, 2.75) is 51.0 Å². The molecule has 1 aliphatic carbocycles. The lowest BCUT2D eigenvalue weighted by Crippen LogP contribution is -2.31. The fourth-order valence-corrected chi connectivity index (χ4v) is 2.29. The molecule has 1 N–H and O–H groups in total. The summed E-state index contributed by atoms with van der Waals surface area (Å²) < 4.78 is 5.01. The zero-order valence-electron chi connectivity index (χ0n) is 9.38. The smallest absolute Gasteiger partial charge is 0.120 e. The molecule has 1 fully saturated rings. The Kier molecular flexibility index (Phi) is 3.99. The van der Waals surface area contributed by atoms with E-state index in [9.17, 15) is 5.11 Å². The summed E-state index contributed by atoms with van der Waals surface area (Å²) in [6.45, 7) is 5.54. The third kappa shape index (κ3) is 3.02. The molecule has 0 aliphatic heterocycles. The van der Waals surface area contributed by atoms with Gasteiger partial charge >= 0.3 is 0 Å². The second-order valence-corrected chi connectivity index (χ2v) is 4.61. The van der Waals surface area contributed by atoms with Crippen molar-refractivity contribution in [1.82, 2.24) is 0 Å². The van der Waals surface area contributed by atoms with Crippen LogP contribution in [0.5, 0.6) is 0 Å². The summed E-state index contributed by atoms with van der Waals surface area (Å²) in [5, 5.41) is 10.1. The summed E-state index contributed by atoms with van der Waals surface area (Å²) >= 11 is 0. The standard InChI is InChI=1S/C12H22O2/c1-10(14-3)12(2,13)9-11-7-5-4-6-8-11/h11,13H,1,4-9H2,2-3H3. The van der Waals surface area contributed by atoms with Gasteiger partial charge in [0.1, 0.15) is 11.4 Å². The molecule has 82 valence electrons. The van der Waals surface area contributed by atoms with Crippen molar-refractivity contribution in [3.63, 3.8) is 0 Å². The van der Waals surface area contributed by atoms with Crippen molar-refractivity contribution in [2.24, 2.45) is 5.92 Å². The molecular weight excluding hydrogens is 176 g/mol. The molecule has 1 saturated carbocycles. The lowest BCUT2D eigenvalue weighted by atomic mass is 9.81. The average Bonchev–Trinajstić information content (AvgIpc) is 2.17. The second kappa shape index (κ2) is 4.83. The molecular formula is C12H22O2. The molecule has 0 spiro atoms. The highest BCUT2D eigenvalue weighted by atomic mass is 16.5. The van der Waals surface area contributed by atoms with Crippen LogP contribution in [0.1, 0.15) is 45.4 Å². The van der Waals surface area contributed by atoms with Crippen LogP contribution < -0.4 is 0 Å². The summed E-state index contributed by atoms with van der Waals surface area (Å²) in [7, 11) is 1.57. The van der Waals surface area contributed by atoms with E-state index in [4.69, 9.17) is 4.74 Å². The van der Waals surface area contributed by atoms with Gasteiger partial charge in [0.15, 0.2) is 0 Å². The third-order valence-corrected chi connectivity index (χ3v) is 3.26. The van der Waals surface area contributed by atoms with Crippen molar-refractivity contribution in [3.8, 4) is 0 Å². The van der Waals surface area contributed by atoms with Gasteiger partial charge in [-0.1, -0.05) is 38.7 Å². The van der Waals surface area contributed by atoms with Crippen LogP contribution >= 0.6 is 0 Å². The maximum absolute atomic E-state index is 10.1. The fourth-order valence-electron chi connectivity index (χ4n) is 2.29. The normalized spacial score (nSPS) is 22.8. The van der Waals surface area contributed by atoms with Crippen LogP contribution in [0.2, 0.25) is 0 Å². The molecule has 0 bridgehead atoms. The third-order valence-electron chi connectivity index (χ3n) is 3.26. The number of ether oxygens (including phenoxy) is 1. The molecule has 2 nitrogen and oxygen atoms in total. The molecule has 0 radical (unpaired) electrons. The first-order chi connectivity index (χ1) is 6.56. The van der Waals surface area contributed by atoms with Crippen molar-refractivity contribution < 1.29 is 9.84 Å². The highest BCUT2D eigenvalue weighted by Gasteiger charge is 2.29. The van der Waals surface area contributed by atoms with Crippen LogP contribution in [0.3, 0.4) is 0 Å². The van der Waals surface area contributed by atoms with E-state index in [1.165, 1.54) is 32.1 Å². The first-order valence-electron chi connectivity index (χ1n) is 5.52. The lowest BCUT2D eigenvalue weighted by Gasteiger charge is -2.31. The van der Waals surface area contributed by atoms with Crippen LogP contribution in [0.25, 0.3) is 0 Å². The Hall–Kier alpha value is -0.500. The van der Waals surface area contributed by atoms with Crippen LogP contribution in [-0.4, -0.2) is 17.8 Å². The Morgan fingerprint density at radius 2 is 2.00 bits per heavy atom. The highest BCUT2D eigenvalue weighted by molar-refractivity contribution is 5.03. The van der Waals surface area contributed by atoms with Crippen LogP contribution in [0.4, 0.5) is 0 Å². The van der Waals surface area contributed by atoms with Crippen molar-refractivity contribution in [1.29, 1.82) is 0 Å². The van der Waals surface area contributed by atoms with Crippen molar-refractivity contribution in [3.05, 3.63) is 12.3 Å². The van der Waals surface area contributed by atoms with Gasteiger partial charge in [0.05, 0.1) is 7.11 Å². The fraction of sp³-hybridized carbons (Fsp3) is 0.833. The minimum Gasteiger partial charge on any atom is -0.499 e. The predicted molar refractivity (Wildman–Crippen MR) is 58.0 cm³/mol. The molecule has 0 aromatic heterocycles. The van der Waals surface area contributed by atoms with Crippen molar-refractivity contribution >= 4 is 0 Å². The zero-order chi connectivity index (χ0) is 10.6. The minimum absolute atomic E-state index is 0.489. The zero-order valence-corrected chi connectivity index (χ0v) is 9.38. The minimum atomic E-state index is -0.850. The van der Waals surface area contributed by atoms with Gasteiger partial charge in [0, 0.05) is 0 Å². The maximum Gasteiger partial charge on any atom is 0.120 e. The van der Waals surface area contributed by atoms with E-state index in [1.54, 1.807) is 14.0 Å².